The zero-order chi connectivity index (χ0) is 22.9. The molecule has 4 fully saturated rings. The monoisotopic (exact) mass is 446 g/mol. The first kappa shape index (κ1) is 23.3. The standard InChI is InChI=1S/C28H46O4/c1-6-7-17(2)24-25(31-24)18(3)21-8-9-22-20-11-15-28(32-30)16-19(29)10-14-27(28,5)23(20)12-13-26(21,22)4/h11,15,17-25,29-30H,6-10,12-14,16H2,1-5H3/t17-,18+,19+,20?,21-,22+,23+,24?,25?,26-,27-,28?/m1/s1. The smallest absolute Gasteiger partial charge is 0.129 e. The van der Waals surface area contributed by atoms with Crippen LogP contribution in [0, 0.1) is 46.3 Å². The SMILES string of the molecule is CCC[C@@H](C)C1OC1[C@@H](C)[C@H]1CC[C@H]2C3C=CC4(OO)C[C@@H](O)CC[C@]4(C)[C@H]3CC[C@]12C. The van der Waals surface area contributed by atoms with E-state index in [2.05, 4.69) is 46.8 Å². The summed E-state index contributed by atoms with van der Waals surface area (Å²) in [7, 11) is 0. The maximum Gasteiger partial charge on any atom is 0.129 e. The van der Waals surface area contributed by atoms with E-state index in [4.69, 9.17) is 9.62 Å². The van der Waals surface area contributed by atoms with E-state index in [0.29, 0.717) is 53.6 Å². The van der Waals surface area contributed by atoms with Crippen molar-refractivity contribution in [2.24, 2.45) is 46.3 Å². The molecule has 1 saturated heterocycles. The molecule has 4 nitrogen and oxygen atoms in total. The van der Waals surface area contributed by atoms with E-state index >= 15 is 0 Å². The van der Waals surface area contributed by atoms with Gasteiger partial charge in [0, 0.05) is 11.8 Å². The van der Waals surface area contributed by atoms with Crippen LogP contribution in [0.2, 0.25) is 0 Å². The van der Waals surface area contributed by atoms with E-state index in [9.17, 15) is 10.4 Å². The summed E-state index contributed by atoms with van der Waals surface area (Å²) < 4.78 is 6.28. The Kier molecular flexibility index (Phi) is 5.88. The summed E-state index contributed by atoms with van der Waals surface area (Å²) in [5.74, 6) is 3.85. The molecule has 1 aliphatic heterocycles. The van der Waals surface area contributed by atoms with Gasteiger partial charge in [-0.25, -0.2) is 4.89 Å². The van der Waals surface area contributed by atoms with Gasteiger partial charge in [0.15, 0.2) is 0 Å². The highest BCUT2D eigenvalue weighted by Gasteiger charge is 2.65. The van der Waals surface area contributed by atoms with Gasteiger partial charge in [0.05, 0.1) is 18.3 Å². The first-order valence-corrected chi connectivity index (χ1v) is 13.6. The van der Waals surface area contributed by atoms with E-state index in [1.165, 1.54) is 38.5 Å². The Morgan fingerprint density at radius 3 is 2.56 bits per heavy atom. The summed E-state index contributed by atoms with van der Waals surface area (Å²) in [4.78, 5) is 5.23. The molecule has 3 saturated carbocycles. The average Bonchev–Trinajstić information content (AvgIpc) is 3.49. The Bertz CT molecular complexity index is 737. The van der Waals surface area contributed by atoms with Crippen LogP contribution in [0.5, 0.6) is 0 Å². The van der Waals surface area contributed by atoms with Crippen LogP contribution in [-0.2, 0) is 9.62 Å². The third-order valence-corrected chi connectivity index (χ3v) is 11.5. The van der Waals surface area contributed by atoms with Gasteiger partial charge in [0.25, 0.3) is 0 Å². The van der Waals surface area contributed by atoms with Gasteiger partial charge in [0.2, 0.25) is 0 Å². The third kappa shape index (κ3) is 3.22. The van der Waals surface area contributed by atoms with Crippen LogP contribution in [0.3, 0.4) is 0 Å². The maximum absolute atomic E-state index is 10.4. The first-order chi connectivity index (χ1) is 15.2. The lowest BCUT2D eigenvalue weighted by Crippen LogP contribution is -2.61. The highest BCUT2D eigenvalue weighted by atomic mass is 17.1. The van der Waals surface area contributed by atoms with Gasteiger partial charge in [-0.3, -0.25) is 5.26 Å². The number of hydrogen-bond donors (Lipinski definition) is 2. The Hall–Kier alpha value is -0.420. The molecule has 0 radical (unpaired) electrons. The predicted molar refractivity (Wildman–Crippen MR) is 126 cm³/mol. The largest absolute Gasteiger partial charge is 0.393 e. The van der Waals surface area contributed by atoms with Crippen molar-refractivity contribution in [2.45, 2.75) is 116 Å². The van der Waals surface area contributed by atoms with Crippen molar-refractivity contribution >= 4 is 0 Å². The third-order valence-electron chi connectivity index (χ3n) is 11.5. The van der Waals surface area contributed by atoms with Crippen LogP contribution in [0.1, 0.15) is 92.4 Å². The van der Waals surface area contributed by atoms with Crippen molar-refractivity contribution in [1.82, 2.24) is 0 Å². The normalized spacial score (nSPS) is 53.8. The lowest BCUT2D eigenvalue weighted by Gasteiger charge is -2.62. The van der Waals surface area contributed by atoms with Gasteiger partial charge in [-0.15, -0.1) is 0 Å². The van der Waals surface area contributed by atoms with Crippen molar-refractivity contribution in [1.29, 1.82) is 0 Å². The zero-order valence-electron chi connectivity index (χ0n) is 20.9. The molecule has 182 valence electrons. The highest BCUT2D eigenvalue weighted by molar-refractivity contribution is 5.25. The maximum atomic E-state index is 10.4. The molecular formula is C28H46O4. The second kappa shape index (κ2) is 8.07. The number of aliphatic hydroxyl groups excluding tert-OH is 1. The molecule has 32 heavy (non-hydrogen) atoms. The topological polar surface area (TPSA) is 62.2 Å². The van der Waals surface area contributed by atoms with Crippen molar-refractivity contribution in [3.8, 4) is 0 Å². The summed E-state index contributed by atoms with van der Waals surface area (Å²) in [6.45, 7) is 12.0. The molecule has 0 amide bonds. The molecule has 0 aromatic rings. The number of aliphatic hydroxyl groups is 1. The summed E-state index contributed by atoms with van der Waals surface area (Å²) >= 11 is 0. The number of rotatable bonds is 6. The Labute approximate surface area is 195 Å². The van der Waals surface area contributed by atoms with Crippen molar-refractivity contribution in [2.75, 3.05) is 0 Å². The Morgan fingerprint density at radius 1 is 1.06 bits per heavy atom. The molecule has 5 aliphatic rings. The van der Waals surface area contributed by atoms with E-state index < -0.39 is 5.60 Å². The van der Waals surface area contributed by atoms with E-state index in [0.717, 1.165) is 18.8 Å². The molecule has 0 bridgehead atoms. The number of hydrogen-bond acceptors (Lipinski definition) is 4. The Morgan fingerprint density at radius 2 is 1.84 bits per heavy atom. The van der Waals surface area contributed by atoms with E-state index in [1.54, 1.807) is 0 Å². The van der Waals surface area contributed by atoms with Gasteiger partial charge in [-0.05, 0) is 85.9 Å². The lowest BCUT2D eigenvalue weighted by atomic mass is 9.45. The molecular weight excluding hydrogens is 400 g/mol. The lowest BCUT2D eigenvalue weighted by molar-refractivity contribution is -0.361. The van der Waals surface area contributed by atoms with Gasteiger partial charge in [0.1, 0.15) is 5.60 Å². The summed E-state index contributed by atoms with van der Waals surface area (Å²) in [6, 6.07) is 0. The average molecular weight is 447 g/mol. The van der Waals surface area contributed by atoms with Crippen molar-refractivity contribution in [3.05, 3.63) is 12.2 Å². The van der Waals surface area contributed by atoms with E-state index in [-0.39, 0.29) is 11.5 Å². The molecule has 4 unspecified atom stereocenters. The molecule has 4 heteroatoms. The second-order valence-electron chi connectivity index (χ2n) is 12.9. The van der Waals surface area contributed by atoms with Crippen LogP contribution in [-0.4, -0.2) is 34.3 Å². The van der Waals surface area contributed by atoms with Gasteiger partial charge in [-0.2, -0.15) is 0 Å². The van der Waals surface area contributed by atoms with E-state index in [1.807, 2.05) is 0 Å². The molecule has 0 aromatic carbocycles. The van der Waals surface area contributed by atoms with Crippen LogP contribution >= 0.6 is 0 Å². The summed E-state index contributed by atoms with van der Waals surface area (Å²) in [5.41, 5.74) is -0.457. The first-order valence-electron chi connectivity index (χ1n) is 13.6. The number of allylic oxidation sites excluding steroid dienone is 1. The molecule has 0 spiro atoms. The fourth-order valence-corrected chi connectivity index (χ4v) is 9.54. The fraction of sp³-hybridized carbons (Fsp3) is 0.929. The van der Waals surface area contributed by atoms with Crippen molar-refractivity contribution in [3.63, 3.8) is 0 Å². The number of epoxide rings is 1. The highest BCUT2D eigenvalue weighted by Crippen LogP contribution is 2.68. The minimum absolute atomic E-state index is 0.105. The zero-order valence-corrected chi connectivity index (χ0v) is 20.9. The van der Waals surface area contributed by atoms with Gasteiger partial charge >= 0.3 is 0 Å². The number of ether oxygens (including phenoxy) is 1. The molecule has 1 heterocycles. The molecule has 5 rings (SSSR count). The molecule has 4 aliphatic carbocycles. The van der Waals surface area contributed by atoms with Gasteiger partial charge in [-0.1, -0.05) is 53.2 Å². The van der Waals surface area contributed by atoms with Crippen LogP contribution in [0.25, 0.3) is 0 Å². The molecule has 0 aromatic heterocycles. The fourth-order valence-electron chi connectivity index (χ4n) is 9.54. The predicted octanol–water partition coefficient (Wildman–Crippen LogP) is 6.23. The minimum atomic E-state index is -0.727. The van der Waals surface area contributed by atoms with Crippen LogP contribution < -0.4 is 0 Å². The van der Waals surface area contributed by atoms with Gasteiger partial charge < -0.3 is 9.84 Å². The molecule has 12 atom stereocenters. The summed E-state index contributed by atoms with van der Waals surface area (Å²) in [6.07, 6.45) is 15.0. The Balaban J connectivity index is 1.37. The van der Waals surface area contributed by atoms with Crippen LogP contribution in [0.4, 0.5) is 0 Å². The summed E-state index contributed by atoms with van der Waals surface area (Å²) in [5, 5.41) is 20.4. The minimum Gasteiger partial charge on any atom is -0.393 e. The van der Waals surface area contributed by atoms with Crippen LogP contribution in [0.15, 0.2) is 12.2 Å². The number of fused-ring (bicyclic) bond motifs is 5. The quantitative estimate of drug-likeness (QED) is 0.220. The molecule has 2 N–H and O–H groups in total. The van der Waals surface area contributed by atoms with Crippen molar-refractivity contribution < 1.29 is 20.0 Å². The second-order valence-corrected chi connectivity index (χ2v) is 12.9.